The number of aliphatic carboxylic acids is 1. The number of rotatable bonds is 4. The normalized spacial score (nSPS) is 21.0. The number of nitrogens with zero attached hydrogens (tertiary/aromatic N) is 1. The Morgan fingerprint density at radius 2 is 2.15 bits per heavy atom. The van der Waals surface area contributed by atoms with Gasteiger partial charge in [0.1, 0.15) is 9.23 Å². The summed E-state index contributed by atoms with van der Waals surface area (Å²) in [6.07, 6.45) is 1.88. The average molecular weight is 358 g/mol. The smallest absolute Gasteiger partial charge is 0.304 e. The van der Waals surface area contributed by atoms with Crippen LogP contribution >= 0.6 is 34.5 Å². The van der Waals surface area contributed by atoms with E-state index >= 15 is 0 Å². The van der Waals surface area contributed by atoms with Crippen LogP contribution in [0.5, 0.6) is 0 Å². The number of carboxylic acids is 1. The molecular weight excluding hydrogens is 345 g/mol. The fraction of sp³-hybridized carbons (Fsp3) is 0.545. The summed E-state index contributed by atoms with van der Waals surface area (Å²) < 4.78 is 26.9. The van der Waals surface area contributed by atoms with E-state index in [-0.39, 0.29) is 15.7 Å². The van der Waals surface area contributed by atoms with Crippen LogP contribution in [0.1, 0.15) is 25.7 Å². The van der Waals surface area contributed by atoms with Crippen LogP contribution in [0.4, 0.5) is 0 Å². The van der Waals surface area contributed by atoms with Gasteiger partial charge in [-0.05, 0) is 18.9 Å². The zero-order valence-corrected chi connectivity index (χ0v) is 13.5. The van der Waals surface area contributed by atoms with Gasteiger partial charge in [0.25, 0.3) is 0 Å². The molecular formula is C11H13Cl2NO4S2. The van der Waals surface area contributed by atoms with Crippen molar-refractivity contribution in [2.45, 2.75) is 36.6 Å². The zero-order chi connectivity index (χ0) is 14.9. The highest BCUT2D eigenvalue weighted by atomic mass is 35.5. The maximum Gasteiger partial charge on any atom is 0.304 e. The Morgan fingerprint density at radius 3 is 2.70 bits per heavy atom. The number of carbonyl (C=O) groups is 1. The minimum atomic E-state index is -3.80. The first-order valence-electron chi connectivity index (χ1n) is 6.01. The lowest BCUT2D eigenvalue weighted by molar-refractivity contribution is -0.138. The van der Waals surface area contributed by atoms with Gasteiger partial charge in [0.2, 0.25) is 10.0 Å². The molecule has 2 rings (SSSR count). The molecule has 5 nitrogen and oxygen atoms in total. The summed E-state index contributed by atoms with van der Waals surface area (Å²) in [7, 11) is -3.80. The van der Waals surface area contributed by atoms with Gasteiger partial charge >= 0.3 is 5.97 Å². The third kappa shape index (κ3) is 3.28. The van der Waals surface area contributed by atoms with Crippen LogP contribution in [-0.2, 0) is 14.8 Å². The third-order valence-corrected chi connectivity index (χ3v) is 6.90. The summed E-state index contributed by atoms with van der Waals surface area (Å²) in [5.74, 6) is -1.01. The fourth-order valence-corrected chi connectivity index (χ4v) is 6.13. The van der Waals surface area contributed by atoms with Crippen LogP contribution in [0.25, 0.3) is 0 Å². The summed E-state index contributed by atoms with van der Waals surface area (Å²) in [4.78, 5) is 10.8. The lowest BCUT2D eigenvalue weighted by atomic mass is 10.0. The number of hydrogen-bond donors (Lipinski definition) is 1. The average Bonchev–Trinajstić information content (AvgIpc) is 2.69. The zero-order valence-electron chi connectivity index (χ0n) is 10.4. The second-order valence-corrected chi connectivity index (χ2v) is 8.70. The lowest BCUT2D eigenvalue weighted by Gasteiger charge is -2.33. The second kappa shape index (κ2) is 6.19. The fourth-order valence-electron chi connectivity index (χ4n) is 2.32. The van der Waals surface area contributed by atoms with Gasteiger partial charge in [-0.25, -0.2) is 8.42 Å². The first-order chi connectivity index (χ1) is 9.32. The van der Waals surface area contributed by atoms with Crippen molar-refractivity contribution in [2.24, 2.45) is 0 Å². The number of hydrogen-bond acceptors (Lipinski definition) is 4. The van der Waals surface area contributed by atoms with Gasteiger partial charge in [0.15, 0.2) is 0 Å². The van der Waals surface area contributed by atoms with E-state index in [0.29, 0.717) is 23.7 Å². The quantitative estimate of drug-likeness (QED) is 0.898. The Balaban J connectivity index is 2.35. The van der Waals surface area contributed by atoms with Crippen molar-refractivity contribution < 1.29 is 18.3 Å². The summed E-state index contributed by atoms with van der Waals surface area (Å²) in [5, 5.41) is 8.91. The van der Waals surface area contributed by atoms with Crippen LogP contribution in [0, 0.1) is 0 Å². The molecule has 2 heterocycles. The van der Waals surface area contributed by atoms with Crippen LogP contribution in [-0.4, -0.2) is 36.4 Å². The molecule has 0 aromatic carbocycles. The van der Waals surface area contributed by atoms with E-state index in [1.165, 1.54) is 10.4 Å². The molecule has 0 bridgehead atoms. The van der Waals surface area contributed by atoms with Gasteiger partial charge in [-0.15, -0.1) is 11.3 Å². The molecule has 0 aliphatic carbocycles. The minimum Gasteiger partial charge on any atom is -0.481 e. The standard InChI is InChI=1S/C11H13Cl2NO4S2/c12-9-6-8(11(13)19-9)20(17,18)14-4-2-1-3-7(14)5-10(15)16/h6-7H,1-5H2,(H,15,16). The Bertz CT molecular complexity index is 614. The number of sulfonamides is 1. The van der Waals surface area contributed by atoms with E-state index in [2.05, 4.69) is 0 Å². The molecule has 0 spiro atoms. The predicted octanol–water partition coefficient (Wildman–Crippen LogP) is 3.07. The molecule has 1 saturated heterocycles. The molecule has 1 aliphatic rings. The molecule has 1 unspecified atom stereocenters. The van der Waals surface area contributed by atoms with E-state index in [9.17, 15) is 13.2 Å². The number of halogens is 2. The Morgan fingerprint density at radius 1 is 1.45 bits per heavy atom. The van der Waals surface area contributed by atoms with Gasteiger partial charge in [-0.1, -0.05) is 29.6 Å². The summed E-state index contributed by atoms with van der Waals surface area (Å²) in [6, 6.07) is 0.789. The van der Waals surface area contributed by atoms with E-state index in [0.717, 1.165) is 17.8 Å². The molecule has 1 N–H and O–H groups in total. The SMILES string of the molecule is O=C(O)CC1CCCCN1S(=O)(=O)c1cc(Cl)sc1Cl. The van der Waals surface area contributed by atoms with Gasteiger partial charge in [0.05, 0.1) is 10.8 Å². The highest BCUT2D eigenvalue weighted by molar-refractivity contribution is 7.89. The second-order valence-electron chi connectivity index (χ2n) is 4.55. The van der Waals surface area contributed by atoms with Crippen LogP contribution in [0.15, 0.2) is 11.0 Å². The topological polar surface area (TPSA) is 74.7 Å². The molecule has 0 amide bonds. The van der Waals surface area contributed by atoms with Crippen molar-refractivity contribution in [1.29, 1.82) is 0 Å². The summed E-state index contributed by atoms with van der Waals surface area (Å²) in [5.41, 5.74) is 0. The molecule has 9 heteroatoms. The van der Waals surface area contributed by atoms with Crippen molar-refractivity contribution in [3.8, 4) is 0 Å². The van der Waals surface area contributed by atoms with E-state index in [1.807, 2.05) is 0 Å². The van der Waals surface area contributed by atoms with Crippen LogP contribution < -0.4 is 0 Å². The van der Waals surface area contributed by atoms with Gasteiger partial charge < -0.3 is 5.11 Å². The molecule has 1 atom stereocenters. The van der Waals surface area contributed by atoms with E-state index in [1.54, 1.807) is 0 Å². The first-order valence-corrected chi connectivity index (χ1v) is 9.02. The highest BCUT2D eigenvalue weighted by Gasteiger charge is 2.36. The largest absolute Gasteiger partial charge is 0.481 e. The molecule has 20 heavy (non-hydrogen) atoms. The maximum absolute atomic E-state index is 12.6. The van der Waals surface area contributed by atoms with E-state index < -0.39 is 22.0 Å². The van der Waals surface area contributed by atoms with Gasteiger partial charge in [-0.3, -0.25) is 4.79 Å². The van der Waals surface area contributed by atoms with E-state index in [4.69, 9.17) is 28.3 Å². The van der Waals surface area contributed by atoms with Gasteiger partial charge in [0, 0.05) is 12.6 Å². The lowest BCUT2D eigenvalue weighted by Crippen LogP contribution is -2.44. The molecule has 1 aliphatic heterocycles. The Kier molecular flexibility index (Phi) is 4.96. The third-order valence-electron chi connectivity index (χ3n) is 3.20. The molecule has 1 fully saturated rings. The Labute approximate surface area is 131 Å². The first kappa shape index (κ1) is 16.0. The number of carboxylic acid groups (broad SMARTS) is 1. The predicted molar refractivity (Wildman–Crippen MR) is 78.1 cm³/mol. The molecule has 1 aromatic heterocycles. The molecule has 0 radical (unpaired) electrons. The number of thiophene rings is 1. The van der Waals surface area contributed by atoms with Crippen molar-refractivity contribution in [3.05, 3.63) is 14.7 Å². The molecule has 112 valence electrons. The minimum absolute atomic E-state index is 0.0357. The summed E-state index contributed by atoms with van der Waals surface area (Å²) in [6.45, 7) is 0.310. The van der Waals surface area contributed by atoms with Crippen LogP contribution in [0.2, 0.25) is 8.67 Å². The van der Waals surface area contributed by atoms with Crippen molar-refractivity contribution >= 4 is 50.5 Å². The monoisotopic (exact) mass is 357 g/mol. The Hall–Kier alpha value is -0.340. The van der Waals surface area contributed by atoms with Crippen molar-refractivity contribution in [2.75, 3.05) is 6.54 Å². The van der Waals surface area contributed by atoms with Gasteiger partial charge in [-0.2, -0.15) is 4.31 Å². The molecule has 0 saturated carbocycles. The summed E-state index contributed by atoms with van der Waals surface area (Å²) >= 11 is 12.7. The van der Waals surface area contributed by atoms with Crippen molar-refractivity contribution in [3.63, 3.8) is 0 Å². The maximum atomic E-state index is 12.6. The molecule has 1 aromatic rings. The van der Waals surface area contributed by atoms with Crippen LogP contribution in [0.3, 0.4) is 0 Å². The van der Waals surface area contributed by atoms with Crippen molar-refractivity contribution in [1.82, 2.24) is 4.31 Å². The number of piperidine rings is 1. The highest BCUT2D eigenvalue weighted by Crippen LogP contribution is 2.37.